The summed E-state index contributed by atoms with van der Waals surface area (Å²) in [7, 11) is 0. The molecule has 5 heteroatoms. The van der Waals surface area contributed by atoms with Crippen molar-refractivity contribution in [2.75, 3.05) is 11.9 Å². The fourth-order valence-corrected chi connectivity index (χ4v) is 1.27. The summed E-state index contributed by atoms with van der Waals surface area (Å²) in [6.07, 6.45) is -3.00. The van der Waals surface area contributed by atoms with Crippen LogP contribution in [0.3, 0.4) is 0 Å². The molecule has 17 heavy (non-hydrogen) atoms. The molecule has 1 rings (SSSR count). The molecule has 0 aromatic carbocycles. The van der Waals surface area contributed by atoms with Crippen LogP contribution in [0.4, 0.5) is 19.0 Å². The van der Waals surface area contributed by atoms with Gasteiger partial charge < -0.3 is 5.32 Å². The average molecular weight is 246 g/mol. The molecule has 0 aliphatic carbocycles. The van der Waals surface area contributed by atoms with Gasteiger partial charge in [-0.05, 0) is 24.0 Å². The summed E-state index contributed by atoms with van der Waals surface area (Å²) in [4.78, 5) is 3.75. The zero-order valence-corrected chi connectivity index (χ0v) is 10.2. The number of pyridine rings is 1. The van der Waals surface area contributed by atoms with Gasteiger partial charge in [0.1, 0.15) is 5.82 Å². The van der Waals surface area contributed by atoms with E-state index in [9.17, 15) is 13.2 Å². The minimum Gasteiger partial charge on any atom is -0.369 e. The molecule has 1 N–H and O–H groups in total. The summed E-state index contributed by atoms with van der Waals surface area (Å²) in [5.74, 6) is 0.617. The standard InChI is InChI=1S/C12H17F3N2/c1-8(2)9(3)7-17-11-10(12(13,14)15)5-4-6-16-11/h4-6,8-9H,7H2,1-3H3,(H,16,17). The Labute approximate surface area is 99.3 Å². The van der Waals surface area contributed by atoms with Crippen LogP contribution < -0.4 is 5.32 Å². The van der Waals surface area contributed by atoms with Gasteiger partial charge in [-0.1, -0.05) is 20.8 Å². The molecule has 0 amide bonds. The number of nitrogens with one attached hydrogen (secondary N) is 1. The van der Waals surface area contributed by atoms with E-state index < -0.39 is 11.7 Å². The molecule has 1 heterocycles. The van der Waals surface area contributed by atoms with Gasteiger partial charge >= 0.3 is 6.18 Å². The molecule has 0 aliphatic rings. The van der Waals surface area contributed by atoms with E-state index in [4.69, 9.17) is 0 Å². The summed E-state index contributed by atoms with van der Waals surface area (Å²) in [5, 5.41) is 2.77. The predicted molar refractivity (Wildman–Crippen MR) is 61.7 cm³/mol. The first-order valence-electron chi connectivity index (χ1n) is 5.58. The molecule has 0 saturated carbocycles. The zero-order valence-electron chi connectivity index (χ0n) is 10.2. The molecule has 0 radical (unpaired) electrons. The molecule has 1 unspecified atom stereocenters. The van der Waals surface area contributed by atoms with E-state index in [2.05, 4.69) is 10.3 Å². The highest BCUT2D eigenvalue weighted by atomic mass is 19.4. The summed E-state index contributed by atoms with van der Waals surface area (Å²) in [5.41, 5.74) is -0.712. The Morgan fingerprint density at radius 3 is 2.47 bits per heavy atom. The Bertz CT molecular complexity index is 361. The highest BCUT2D eigenvalue weighted by molar-refractivity contribution is 5.45. The van der Waals surface area contributed by atoms with Crippen LogP contribution in [0.5, 0.6) is 0 Å². The lowest BCUT2D eigenvalue weighted by atomic mass is 9.98. The van der Waals surface area contributed by atoms with Gasteiger partial charge in [0, 0.05) is 12.7 Å². The van der Waals surface area contributed by atoms with Crippen molar-refractivity contribution < 1.29 is 13.2 Å². The van der Waals surface area contributed by atoms with E-state index in [1.54, 1.807) is 0 Å². The van der Waals surface area contributed by atoms with Crippen molar-refractivity contribution in [2.45, 2.75) is 26.9 Å². The summed E-state index contributed by atoms with van der Waals surface area (Å²) in [6, 6.07) is 2.33. The van der Waals surface area contributed by atoms with Crippen LogP contribution in [0.2, 0.25) is 0 Å². The van der Waals surface area contributed by atoms with E-state index >= 15 is 0 Å². The minimum absolute atomic E-state index is 0.0903. The zero-order chi connectivity index (χ0) is 13.1. The molecule has 1 aromatic rings. The second-order valence-corrected chi connectivity index (χ2v) is 4.50. The molecule has 1 aromatic heterocycles. The number of nitrogens with zero attached hydrogens (tertiary/aromatic N) is 1. The van der Waals surface area contributed by atoms with Crippen LogP contribution in [0.15, 0.2) is 18.3 Å². The third-order valence-corrected chi connectivity index (χ3v) is 2.84. The number of aromatic nitrogens is 1. The SMILES string of the molecule is CC(C)C(C)CNc1ncccc1C(F)(F)F. The quantitative estimate of drug-likeness (QED) is 0.874. The second kappa shape index (κ2) is 5.38. The third kappa shape index (κ3) is 3.91. The predicted octanol–water partition coefficient (Wildman–Crippen LogP) is 3.80. The Kier molecular flexibility index (Phi) is 4.37. The molecule has 96 valence electrons. The van der Waals surface area contributed by atoms with Crippen LogP contribution in [0, 0.1) is 11.8 Å². The van der Waals surface area contributed by atoms with Crippen molar-refractivity contribution in [3.05, 3.63) is 23.9 Å². The molecule has 0 aliphatic heterocycles. The maximum absolute atomic E-state index is 12.7. The van der Waals surface area contributed by atoms with Gasteiger partial charge in [-0.3, -0.25) is 0 Å². The largest absolute Gasteiger partial charge is 0.419 e. The van der Waals surface area contributed by atoms with Gasteiger partial charge in [-0.2, -0.15) is 13.2 Å². The highest BCUT2D eigenvalue weighted by Gasteiger charge is 2.34. The first-order valence-corrected chi connectivity index (χ1v) is 5.58. The van der Waals surface area contributed by atoms with E-state index in [-0.39, 0.29) is 11.7 Å². The summed E-state index contributed by atoms with van der Waals surface area (Å²) in [6.45, 7) is 6.55. The monoisotopic (exact) mass is 246 g/mol. The normalized spacial score (nSPS) is 13.8. The fraction of sp³-hybridized carbons (Fsp3) is 0.583. The van der Waals surface area contributed by atoms with Crippen LogP contribution in [-0.4, -0.2) is 11.5 Å². The van der Waals surface area contributed by atoms with Gasteiger partial charge in [0.15, 0.2) is 0 Å². The minimum atomic E-state index is -4.36. The Balaban J connectivity index is 2.78. The topological polar surface area (TPSA) is 24.9 Å². The highest BCUT2D eigenvalue weighted by Crippen LogP contribution is 2.33. The molecule has 2 nitrogen and oxygen atoms in total. The van der Waals surface area contributed by atoms with Gasteiger partial charge in [-0.25, -0.2) is 4.98 Å². The van der Waals surface area contributed by atoms with Gasteiger partial charge in [0.25, 0.3) is 0 Å². The molecule has 0 bridgehead atoms. The van der Waals surface area contributed by atoms with Gasteiger partial charge in [-0.15, -0.1) is 0 Å². The molecular formula is C12H17F3N2. The number of hydrogen-bond donors (Lipinski definition) is 1. The van der Waals surface area contributed by atoms with E-state index in [1.165, 1.54) is 12.3 Å². The molecular weight excluding hydrogens is 229 g/mol. The van der Waals surface area contributed by atoms with Crippen LogP contribution in [0.1, 0.15) is 26.3 Å². The summed E-state index contributed by atoms with van der Waals surface area (Å²) >= 11 is 0. The lowest BCUT2D eigenvalue weighted by Crippen LogP contribution is -2.19. The molecule has 1 atom stereocenters. The molecule has 0 saturated heterocycles. The van der Waals surface area contributed by atoms with Gasteiger partial charge in [0.2, 0.25) is 0 Å². The van der Waals surface area contributed by atoms with Crippen molar-refractivity contribution in [1.29, 1.82) is 0 Å². The maximum Gasteiger partial charge on any atom is 0.419 e. The Hall–Kier alpha value is -1.26. The van der Waals surface area contributed by atoms with Crippen molar-refractivity contribution >= 4 is 5.82 Å². The van der Waals surface area contributed by atoms with Gasteiger partial charge in [0.05, 0.1) is 5.56 Å². The molecule has 0 spiro atoms. The van der Waals surface area contributed by atoms with E-state index in [1.807, 2.05) is 20.8 Å². The van der Waals surface area contributed by atoms with E-state index in [0.717, 1.165) is 6.07 Å². The van der Waals surface area contributed by atoms with Crippen LogP contribution >= 0.6 is 0 Å². The van der Waals surface area contributed by atoms with Crippen molar-refractivity contribution in [1.82, 2.24) is 4.98 Å². The van der Waals surface area contributed by atoms with E-state index in [0.29, 0.717) is 12.5 Å². The number of rotatable bonds is 4. The first kappa shape index (κ1) is 13.8. The lowest BCUT2D eigenvalue weighted by molar-refractivity contribution is -0.137. The molecule has 0 fully saturated rings. The number of halogens is 3. The average Bonchev–Trinajstić information content (AvgIpc) is 2.24. The fourth-order valence-electron chi connectivity index (χ4n) is 1.27. The maximum atomic E-state index is 12.7. The Morgan fingerprint density at radius 2 is 1.94 bits per heavy atom. The lowest BCUT2D eigenvalue weighted by Gasteiger charge is -2.18. The summed E-state index contributed by atoms with van der Waals surface area (Å²) < 4.78 is 38.0. The van der Waals surface area contributed by atoms with Crippen LogP contribution in [0.25, 0.3) is 0 Å². The smallest absolute Gasteiger partial charge is 0.369 e. The van der Waals surface area contributed by atoms with Crippen molar-refractivity contribution in [3.8, 4) is 0 Å². The number of hydrogen-bond acceptors (Lipinski definition) is 2. The Morgan fingerprint density at radius 1 is 1.29 bits per heavy atom. The second-order valence-electron chi connectivity index (χ2n) is 4.50. The first-order chi connectivity index (χ1) is 7.82. The third-order valence-electron chi connectivity index (χ3n) is 2.84. The number of anilines is 1. The van der Waals surface area contributed by atoms with Crippen molar-refractivity contribution in [2.24, 2.45) is 11.8 Å². The van der Waals surface area contributed by atoms with Crippen LogP contribution in [-0.2, 0) is 6.18 Å². The van der Waals surface area contributed by atoms with Crippen molar-refractivity contribution in [3.63, 3.8) is 0 Å². The number of alkyl halides is 3.